The van der Waals surface area contributed by atoms with Crippen molar-refractivity contribution in [2.45, 2.75) is 31.7 Å². The molecule has 0 aliphatic carbocycles. The molecule has 3 aromatic carbocycles. The van der Waals surface area contributed by atoms with Gasteiger partial charge in [0.25, 0.3) is 10.0 Å². The Hall–Kier alpha value is -3.52. The second-order valence-corrected chi connectivity index (χ2v) is 9.86. The molecule has 0 spiro atoms. The summed E-state index contributed by atoms with van der Waals surface area (Å²) in [6.07, 6.45) is 0. The van der Waals surface area contributed by atoms with E-state index in [4.69, 9.17) is 9.47 Å². The van der Waals surface area contributed by atoms with E-state index in [9.17, 15) is 13.2 Å². The normalized spacial score (nSPS) is 12.0. The van der Waals surface area contributed by atoms with Gasteiger partial charge in [0.1, 0.15) is 18.0 Å². The second-order valence-electron chi connectivity index (χ2n) is 8.00. The van der Waals surface area contributed by atoms with Gasteiger partial charge >= 0.3 is 0 Å². The number of carbonyl (C=O) groups excluding carboxylic acids is 1. The lowest BCUT2D eigenvalue weighted by Crippen LogP contribution is -2.41. The molecule has 0 saturated heterocycles. The van der Waals surface area contributed by atoms with Gasteiger partial charge in [-0.1, -0.05) is 36.4 Å². The van der Waals surface area contributed by atoms with Crippen LogP contribution in [-0.2, 0) is 14.8 Å². The number of methoxy groups -OCH3 is 2. The van der Waals surface area contributed by atoms with Crippen molar-refractivity contribution in [2.24, 2.45) is 0 Å². The van der Waals surface area contributed by atoms with Crippen molar-refractivity contribution in [3.63, 3.8) is 0 Å². The van der Waals surface area contributed by atoms with Gasteiger partial charge in [0.2, 0.25) is 5.91 Å². The standard InChI is InChI=1S/C26H30N2O5S/c1-18-11-12-21(15-19(18)2)20(3)27-26(29)17-28(34(30,31)23-9-7-6-8-10-23)24-16-22(32-4)13-14-25(24)33-5/h6-16,20H,17H2,1-5H3,(H,27,29). The van der Waals surface area contributed by atoms with Crippen LogP contribution >= 0.6 is 0 Å². The first-order valence-corrected chi connectivity index (χ1v) is 12.3. The Kier molecular flexibility index (Phi) is 7.83. The third-order valence-electron chi connectivity index (χ3n) is 5.68. The van der Waals surface area contributed by atoms with Crippen molar-refractivity contribution in [2.75, 3.05) is 25.1 Å². The number of rotatable bonds is 9. The van der Waals surface area contributed by atoms with Gasteiger partial charge in [-0.05, 0) is 61.7 Å². The Morgan fingerprint density at radius 1 is 0.941 bits per heavy atom. The number of carbonyl (C=O) groups is 1. The monoisotopic (exact) mass is 482 g/mol. The number of hydrogen-bond donors (Lipinski definition) is 1. The molecule has 1 amide bonds. The van der Waals surface area contributed by atoms with E-state index in [0.29, 0.717) is 11.5 Å². The number of sulfonamides is 1. The Bertz CT molecular complexity index is 1260. The quantitative estimate of drug-likeness (QED) is 0.489. The van der Waals surface area contributed by atoms with E-state index in [-0.39, 0.29) is 16.6 Å². The highest BCUT2D eigenvalue weighted by molar-refractivity contribution is 7.92. The highest BCUT2D eigenvalue weighted by Crippen LogP contribution is 2.35. The van der Waals surface area contributed by atoms with Gasteiger partial charge in [0.15, 0.2) is 0 Å². The molecular weight excluding hydrogens is 452 g/mol. The summed E-state index contributed by atoms with van der Waals surface area (Å²) < 4.78 is 39.0. The minimum Gasteiger partial charge on any atom is -0.497 e. The number of benzene rings is 3. The first-order chi connectivity index (χ1) is 16.2. The van der Waals surface area contributed by atoms with E-state index in [1.54, 1.807) is 36.4 Å². The van der Waals surface area contributed by atoms with Gasteiger partial charge in [-0.2, -0.15) is 0 Å². The van der Waals surface area contributed by atoms with Crippen molar-refractivity contribution in [1.29, 1.82) is 0 Å². The summed E-state index contributed by atoms with van der Waals surface area (Å²) in [6.45, 7) is 5.47. The molecule has 34 heavy (non-hydrogen) atoms. The van der Waals surface area contributed by atoms with Crippen LogP contribution < -0.4 is 19.1 Å². The fraction of sp³-hybridized carbons (Fsp3) is 0.269. The van der Waals surface area contributed by atoms with Gasteiger partial charge in [-0.15, -0.1) is 0 Å². The molecule has 0 radical (unpaired) electrons. The number of hydrogen-bond acceptors (Lipinski definition) is 5. The fourth-order valence-electron chi connectivity index (χ4n) is 3.55. The van der Waals surface area contributed by atoms with Gasteiger partial charge in [0.05, 0.1) is 30.8 Å². The molecule has 0 saturated carbocycles. The van der Waals surface area contributed by atoms with Crippen molar-refractivity contribution in [1.82, 2.24) is 5.32 Å². The van der Waals surface area contributed by atoms with Gasteiger partial charge in [-0.25, -0.2) is 8.42 Å². The lowest BCUT2D eigenvalue weighted by Gasteiger charge is -2.27. The number of nitrogens with zero attached hydrogens (tertiary/aromatic N) is 1. The maximum absolute atomic E-state index is 13.6. The average molecular weight is 483 g/mol. The summed E-state index contributed by atoms with van der Waals surface area (Å²) in [5.74, 6) is 0.290. The zero-order valence-corrected chi connectivity index (χ0v) is 20.8. The van der Waals surface area contributed by atoms with Gasteiger partial charge in [-0.3, -0.25) is 9.10 Å². The predicted octanol–water partition coefficient (Wildman–Crippen LogP) is 4.39. The molecule has 1 N–H and O–H groups in total. The summed E-state index contributed by atoms with van der Waals surface area (Å²) in [6, 6.07) is 18.5. The molecule has 8 heteroatoms. The van der Waals surface area contributed by atoms with Crippen molar-refractivity contribution >= 4 is 21.6 Å². The zero-order valence-electron chi connectivity index (χ0n) is 20.0. The summed E-state index contributed by atoms with van der Waals surface area (Å²) in [7, 11) is -1.15. The molecule has 0 bridgehead atoms. The molecular formula is C26H30N2O5S. The lowest BCUT2D eigenvalue weighted by atomic mass is 10.0. The van der Waals surface area contributed by atoms with Crippen LogP contribution in [0.4, 0.5) is 5.69 Å². The minimum atomic E-state index is -4.08. The minimum absolute atomic E-state index is 0.0647. The van der Waals surface area contributed by atoms with Crippen molar-refractivity contribution in [3.8, 4) is 11.5 Å². The Labute approximate surface area is 201 Å². The van der Waals surface area contributed by atoms with Gasteiger partial charge < -0.3 is 14.8 Å². The summed E-state index contributed by atoms with van der Waals surface area (Å²) in [4.78, 5) is 13.2. The molecule has 0 aliphatic rings. The van der Waals surface area contributed by atoms with Gasteiger partial charge in [0, 0.05) is 6.07 Å². The molecule has 3 rings (SSSR count). The Morgan fingerprint density at radius 2 is 1.65 bits per heavy atom. The number of nitrogens with one attached hydrogen (secondary N) is 1. The highest BCUT2D eigenvalue weighted by atomic mass is 32.2. The van der Waals surface area contributed by atoms with Crippen molar-refractivity contribution < 1.29 is 22.7 Å². The number of anilines is 1. The van der Waals surface area contributed by atoms with Crippen LogP contribution in [0.3, 0.4) is 0 Å². The van der Waals surface area contributed by atoms with Crippen LogP contribution in [0.25, 0.3) is 0 Å². The highest BCUT2D eigenvalue weighted by Gasteiger charge is 2.30. The molecule has 180 valence electrons. The number of aryl methyl sites for hydroxylation is 2. The second kappa shape index (κ2) is 10.6. The third kappa shape index (κ3) is 5.51. The summed E-state index contributed by atoms with van der Waals surface area (Å²) >= 11 is 0. The molecule has 0 fully saturated rings. The molecule has 0 aliphatic heterocycles. The molecule has 7 nitrogen and oxygen atoms in total. The van der Waals surface area contributed by atoms with E-state index >= 15 is 0 Å². The number of ether oxygens (including phenoxy) is 2. The summed E-state index contributed by atoms with van der Waals surface area (Å²) in [5.41, 5.74) is 3.42. The average Bonchev–Trinajstić information content (AvgIpc) is 2.84. The van der Waals surface area contributed by atoms with Crippen LogP contribution in [0.5, 0.6) is 11.5 Å². The lowest BCUT2D eigenvalue weighted by molar-refractivity contribution is -0.120. The number of amides is 1. The van der Waals surface area contributed by atoms with Crippen LogP contribution in [0.1, 0.15) is 29.7 Å². The largest absolute Gasteiger partial charge is 0.497 e. The zero-order chi connectivity index (χ0) is 24.9. The van der Waals surface area contributed by atoms with E-state index in [2.05, 4.69) is 5.32 Å². The smallest absolute Gasteiger partial charge is 0.264 e. The fourth-order valence-corrected chi connectivity index (χ4v) is 4.99. The maximum atomic E-state index is 13.6. The Morgan fingerprint density at radius 3 is 2.26 bits per heavy atom. The molecule has 3 aromatic rings. The van der Waals surface area contributed by atoms with Crippen LogP contribution in [0.15, 0.2) is 71.6 Å². The topological polar surface area (TPSA) is 84.9 Å². The molecule has 1 unspecified atom stereocenters. The van der Waals surface area contributed by atoms with Crippen LogP contribution in [-0.4, -0.2) is 35.1 Å². The predicted molar refractivity (Wildman–Crippen MR) is 133 cm³/mol. The maximum Gasteiger partial charge on any atom is 0.264 e. The molecule has 1 atom stereocenters. The van der Waals surface area contributed by atoms with E-state index in [0.717, 1.165) is 21.0 Å². The SMILES string of the molecule is COc1ccc(OC)c(N(CC(=O)NC(C)c2ccc(C)c(C)c2)S(=O)(=O)c2ccccc2)c1. The first kappa shape index (κ1) is 25.1. The third-order valence-corrected chi connectivity index (χ3v) is 7.46. The molecule has 0 heterocycles. The van der Waals surface area contributed by atoms with E-state index < -0.39 is 22.5 Å². The van der Waals surface area contributed by atoms with Crippen LogP contribution in [0.2, 0.25) is 0 Å². The van der Waals surface area contributed by atoms with Crippen molar-refractivity contribution in [3.05, 3.63) is 83.4 Å². The summed E-state index contributed by atoms with van der Waals surface area (Å²) in [5, 5.41) is 2.92. The van der Waals surface area contributed by atoms with E-state index in [1.165, 1.54) is 26.4 Å². The first-order valence-electron chi connectivity index (χ1n) is 10.8. The van der Waals surface area contributed by atoms with Crippen LogP contribution in [0, 0.1) is 13.8 Å². The van der Waals surface area contributed by atoms with E-state index in [1.807, 2.05) is 39.0 Å². The Balaban J connectivity index is 1.98. The molecule has 0 aromatic heterocycles.